The highest BCUT2D eigenvalue weighted by atomic mass is 35.5. The number of cyclic esters (lactones) is 2. The third-order valence-electron chi connectivity index (χ3n) is 3.24. The third-order valence-corrected chi connectivity index (χ3v) is 3.75. The van der Waals surface area contributed by atoms with E-state index in [1.165, 1.54) is 0 Å². The van der Waals surface area contributed by atoms with Crippen LogP contribution in [0, 0.1) is 0 Å². The summed E-state index contributed by atoms with van der Waals surface area (Å²) < 4.78 is 10.5. The highest BCUT2D eigenvalue weighted by Gasteiger charge is 2.39. The van der Waals surface area contributed by atoms with Crippen LogP contribution in [-0.4, -0.2) is 11.9 Å². The quantitative estimate of drug-likeness (QED) is 0.781. The molecule has 0 aliphatic carbocycles. The van der Waals surface area contributed by atoms with Gasteiger partial charge in [-0.15, -0.1) is 0 Å². The molecule has 1 aliphatic heterocycles. The van der Waals surface area contributed by atoms with Gasteiger partial charge in [-0.1, -0.05) is 47.5 Å². The number of hydrogen-bond acceptors (Lipinski definition) is 4. The Morgan fingerprint density at radius 1 is 0.636 bits per heavy atom. The van der Waals surface area contributed by atoms with E-state index in [0.717, 1.165) is 0 Å². The maximum atomic E-state index is 12.1. The van der Waals surface area contributed by atoms with Gasteiger partial charge in [0, 0.05) is 21.2 Å². The van der Waals surface area contributed by atoms with Gasteiger partial charge < -0.3 is 9.47 Å². The molecule has 0 bridgehead atoms. The second-order valence-corrected chi connectivity index (χ2v) is 5.61. The maximum absolute atomic E-state index is 12.1. The van der Waals surface area contributed by atoms with Gasteiger partial charge in [0.2, 0.25) is 12.2 Å². The Kier molecular flexibility index (Phi) is 4.05. The summed E-state index contributed by atoms with van der Waals surface area (Å²) in [5.74, 6) is -1.25. The lowest BCUT2D eigenvalue weighted by molar-refractivity contribution is -0.196. The average molecular weight is 337 g/mol. The van der Waals surface area contributed by atoms with Crippen molar-refractivity contribution in [1.82, 2.24) is 0 Å². The van der Waals surface area contributed by atoms with Crippen molar-refractivity contribution >= 4 is 35.1 Å². The zero-order chi connectivity index (χ0) is 15.7. The van der Waals surface area contributed by atoms with Gasteiger partial charge in [0.25, 0.3) is 0 Å². The summed E-state index contributed by atoms with van der Waals surface area (Å²) in [6.45, 7) is 0. The smallest absolute Gasteiger partial charge is 0.353 e. The van der Waals surface area contributed by atoms with Crippen LogP contribution in [0.2, 0.25) is 10.0 Å². The van der Waals surface area contributed by atoms with E-state index in [9.17, 15) is 9.59 Å². The van der Waals surface area contributed by atoms with Crippen LogP contribution in [0.3, 0.4) is 0 Å². The van der Waals surface area contributed by atoms with Crippen LogP contribution in [-0.2, 0) is 19.1 Å². The number of carbonyl (C=O) groups is 2. The van der Waals surface area contributed by atoms with Crippen molar-refractivity contribution in [2.45, 2.75) is 12.2 Å². The first-order valence-corrected chi connectivity index (χ1v) is 7.22. The molecule has 0 N–H and O–H groups in total. The number of benzene rings is 2. The van der Waals surface area contributed by atoms with Crippen molar-refractivity contribution in [3.63, 3.8) is 0 Å². The third kappa shape index (κ3) is 2.93. The molecule has 0 radical (unpaired) electrons. The Balaban J connectivity index is 1.82. The second-order valence-electron chi connectivity index (χ2n) is 4.74. The monoisotopic (exact) mass is 336 g/mol. The normalized spacial score (nSPS) is 21.2. The molecule has 0 amide bonds. The molecule has 2 atom stereocenters. The molecule has 1 heterocycles. The Labute approximate surface area is 136 Å². The summed E-state index contributed by atoms with van der Waals surface area (Å²) in [6, 6.07) is 12.9. The molecule has 2 aromatic rings. The van der Waals surface area contributed by atoms with E-state index in [4.69, 9.17) is 32.7 Å². The first kappa shape index (κ1) is 14.9. The SMILES string of the molecule is O=C1OC(c2ccc(Cl)cc2)C(=O)OC1c1ccc(Cl)cc1. The first-order valence-electron chi connectivity index (χ1n) is 6.46. The maximum Gasteiger partial charge on any atom is 0.353 e. The van der Waals surface area contributed by atoms with Crippen LogP contribution in [0.5, 0.6) is 0 Å². The lowest BCUT2D eigenvalue weighted by Gasteiger charge is -2.27. The molecule has 1 saturated heterocycles. The lowest BCUT2D eigenvalue weighted by atomic mass is 10.1. The molecule has 3 rings (SSSR count). The molecule has 22 heavy (non-hydrogen) atoms. The van der Waals surface area contributed by atoms with E-state index < -0.39 is 24.1 Å². The Hall–Kier alpha value is -2.04. The summed E-state index contributed by atoms with van der Waals surface area (Å²) in [5.41, 5.74) is 1.02. The lowest BCUT2D eigenvalue weighted by Crippen LogP contribution is -2.34. The molecule has 2 unspecified atom stereocenters. The van der Waals surface area contributed by atoms with E-state index in [0.29, 0.717) is 21.2 Å². The van der Waals surface area contributed by atoms with Crippen molar-refractivity contribution in [3.8, 4) is 0 Å². The van der Waals surface area contributed by atoms with Crippen LogP contribution in [0.25, 0.3) is 0 Å². The number of rotatable bonds is 2. The minimum atomic E-state index is -1.08. The van der Waals surface area contributed by atoms with Gasteiger partial charge in [-0.05, 0) is 24.3 Å². The fourth-order valence-corrected chi connectivity index (χ4v) is 2.39. The van der Waals surface area contributed by atoms with Crippen molar-refractivity contribution in [2.75, 3.05) is 0 Å². The van der Waals surface area contributed by atoms with Gasteiger partial charge in [0.15, 0.2) is 0 Å². The van der Waals surface area contributed by atoms with Gasteiger partial charge in [0.1, 0.15) is 0 Å². The Morgan fingerprint density at radius 3 is 1.27 bits per heavy atom. The number of ether oxygens (including phenoxy) is 2. The van der Waals surface area contributed by atoms with Gasteiger partial charge >= 0.3 is 11.9 Å². The van der Waals surface area contributed by atoms with Crippen LogP contribution in [0.15, 0.2) is 48.5 Å². The van der Waals surface area contributed by atoms with Gasteiger partial charge in [-0.3, -0.25) is 0 Å². The fourth-order valence-electron chi connectivity index (χ4n) is 2.14. The summed E-state index contributed by atoms with van der Waals surface area (Å²) in [6.07, 6.45) is -2.15. The van der Waals surface area contributed by atoms with Crippen molar-refractivity contribution in [2.24, 2.45) is 0 Å². The van der Waals surface area contributed by atoms with E-state index in [1.807, 2.05) is 0 Å². The number of hydrogen-bond donors (Lipinski definition) is 0. The molecule has 0 saturated carbocycles. The highest BCUT2D eigenvalue weighted by molar-refractivity contribution is 6.30. The molecular weight excluding hydrogens is 327 g/mol. The van der Waals surface area contributed by atoms with Crippen LogP contribution in [0.4, 0.5) is 0 Å². The predicted octanol–water partition coefficient (Wildman–Crippen LogP) is 3.88. The van der Waals surface area contributed by atoms with E-state index in [1.54, 1.807) is 48.5 Å². The predicted molar refractivity (Wildman–Crippen MR) is 80.6 cm³/mol. The summed E-state index contributed by atoms with van der Waals surface area (Å²) in [5, 5.41) is 1.05. The van der Waals surface area contributed by atoms with Crippen LogP contribution in [0.1, 0.15) is 23.3 Å². The molecule has 1 fully saturated rings. The molecule has 6 heteroatoms. The molecule has 0 aromatic heterocycles. The summed E-state index contributed by atoms with van der Waals surface area (Å²) in [7, 11) is 0. The minimum absolute atomic E-state index is 0.511. The first-order chi connectivity index (χ1) is 10.5. The molecule has 112 valence electrons. The van der Waals surface area contributed by atoms with Gasteiger partial charge in [0.05, 0.1) is 0 Å². The topological polar surface area (TPSA) is 52.6 Å². The molecule has 2 aromatic carbocycles. The zero-order valence-corrected chi connectivity index (χ0v) is 12.7. The molecule has 4 nitrogen and oxygen atoms in total. The zero-order valence-electron chi connectivity index (χ0n) is 11.2. The van der Waals surface area contributed by atoms with Crippen LogP contribution >= 0.6 is 23.2 Å². The van der Waals surface area contributed by atoms with Crippen LogP contribution < -0.4 is 0 Å². The Morgan fingerprint density at radius 2 is 0.955 bits per heavy atom. The van der Waals surface area contributed by atoms with Crippen molar-refractivity contribution in [3.05, 3.63) is 69.7 Å². The number of esters is 2. The highest BCUT2D eigenvalue weighted by Crippen LogP contribution is 2.32. The molecule has 1 aliphatic rings. The van der Waals surface area contributed by atoms with Crippen molar-refractivity contribution < 1.29 is 19.1 Å². The standard InChI is InChI=1S/C16H10Cl2O4/c17-11-5-1-9(2-6-11)13-15(19)22-14(16(20)21-13)10-3-7-12(18)8-4-10/h1-8,13-14H. The minimum Gasteiger partial charge on any atom is -0.442 e. The van der Waals surface area contributed by atoms with E-state index in [-0.39, 0.29) is 0 Å². The fraction of sp³-hybridized carbons (Fsp3) is 0.125. The molecular formula is C16H10Cl2O4. The molecule has 0 spiro atoms. The second kappa shape index (κ2) is 5.99. The summed E-state index contributed by atoms with van der Waals surface area (Å²) in [4.78, 5) is 24.2. The van der Waals surface area contributed by atoms with E-state index >= 15 is 0 Å². The van der Waals surface area contributed by atoms with Crippen molar-refractivity contribution in [1.29, 1.82) is 0 Å². The van der Waals surface area contributed by atoms with Gasteiger partial charge in [-0.25, -0.2) is 9.59 Å². The number of carbonyl (C=O) groups excluding carboxylic acids is 2. The summed E-state index contributed by atoms with van der Waals surface area (Å²) >= 11 is 11.6. The van der Waals surface area contributed by atoms with Gasteiger partial charge in [-0.2, -0.15) is 0 Å². The largest absolute Gasteiger partial charge is 0.442 e. The Bertz CT molecular complexity index is 646. The average Bonchev–Trinajstić information content (AvgIpc) is 2.51. The number of halogens is 2. The van der Waals surface area contributed by atoms with E-state index in [2.05, 4.69) is 0 Å².